The number of Topliss-reactive ketones (excluding diaryl/α,β-unsaturated/α-hetero) is 1. The number of nitrogens with one attached hydrogen (secondary N) is 1. The Kier molecular flexibility index (Phi) is 2.89. The van der Waals surface area contributed by atoms with Crippen LogP contribution in [0.1, 0.15) is 20.8 Å². The van der Waals surface area contributed by atoms with E-state index in [-0.39, 0.29) is 11.7 Å². The highest BCUT2D eigenvalue weighted by Crippen LogP contribution is 2.20. The second kappa shape index (κ2) is 3.78. The van der Waals surface area contributed by atoms with E-state index >= 15 is 0 Å². The van der Waals surface area contributed by atoms with Crippen molar-refractivity contribution >= 4 is 11.7 Å². The lowest BCUT2D eigenvalue weighted by Gasteiger charge is -2.16. The SMILES string of the molecule is CC(C)(C)C(=O)C1=CCNC(=O)C=C1. The fraction of sp³-hybridized carbons (Fsp3) is 0.455. The van der Waals surface area contributed by atoms with Gasteiger partial charge in [0.25, 0.3) is 0 Å². The van der Waals surface area contributed by atoms with E-state index in [0.29, 0.717) is 12.1 Å². The van der Waals surface area contributed by atoms with Crippen molar-refractivity contribution < 1.29 is 9.59 Å². The summed E-state index contributed by atoms with van der Waals surface area (Å²) in [4.78, 5) is 22.8. The van der Waals surface area contributed by atoms with Crippen molar-refractivity contribution in [2.45, 2.75) is 20.8 Å². The Hall–Kier alpha value is -1.38. The Labute approximate surface area is 83.9 Å². The molecule has 0 unspecified atom stereocenters. The van der Waals surface area contributed by atoms with E-state index in [1.807, 2.05) is 20.8 Å². The lowest BCUT2D eigenvalue weighted by Crippen LogP contribution is -2.22. The van der Waals surface area contributed by atoms with Crippen molar-refractivity contribution in [3.05, 3.63) is 23.8 Å². The van der Waals surface area contributed by atoms with Crippen molar-refractivity contribution in [3.63, 3.8) is 0 Å². The Morgan fingerprint density at radius 3 is 2.57 bits per heavy atom. The number of ketones is 1. The zero-order chi connectivity index (χ0) is 10.8. The molecular formula is C11H15NO2. The molecule has 3 nitrogen and oxygen atoms in total. The molecule has 0 spiro atoms. The molecule has 0 aromatic carbocycles. The van der Waals surface area contributed by atoms with Crippen LogP contribution >= 0.6 is 0 Å². The molecule has 1 aliphatic rings. The van der Waals surface area contributed by atoms with Crippen molar-refractivity contribution in [3.8, 4) is 0 Å². The minimum absolute atomic E-state index is 0.0604. The van der Waals surface area contributed by atoms with Crippen LogP contribution in [-0.4, -0.2) is 18.2 Å². The summed E-state index contributed by atoms with van der Waals surface area (Å²) >= 11 is 0. The van der Waals surface area contributed by atoms with Gasteiger partial charge in [0.2, 0.25) is 5.91 Å². The molecule has 0 radical (unpaired) electrons. The first-order chi connectivity index (χ1) is 6.41. The summed E-state index contributed by atoms with van der Waals surface area (Å²) in [6, 6.07) is 0. The van der Waals surface area contributed by atoms with Gasteiger partial charge in [-0.2, -0.15) is 0 Å². The average Bonchev–Trinajstić information content (AvgIpc) is 2.27. The van der Waals surface area contributed by atoms with E-state index in [0.717, 1.165) is 0 Å². The highest BCUT2D eigenvalue weighted by atomic mass is 16.1. The van der Waals surface area contributed by atoms with Gasteiger partial charge in [0.05, 0.1) is 0 Å². The number of carbonyl (C=O) groups excluding carboxylic acids is 2. The molecule has 1 heterocycles. The third-order valence-corrected chi connectivity index (χ3v) is 1.96. The average molecular weight is 193 g/mol. The van der Waals surface area contributed by atoms with Crippen LogP contribution in [0, 0.1) is 5.41 Å². The lowest BCUT2D eigenvalue weighted by molar-refractivity contribution is -0.122. The molecule has 0 atom stereocenters. The quantitative estimate of drug-likeness (QED) is 0.680. The minimum atomic E-state index is -0.399. The Bertz CT molecular complexity index is 319. The maximum Gasteiger partial charge on any atom is 0.244 e. The smallest absolute Gasteiger partial charge is 0.244 e. The fourth-order valence-electron chi connectivity index (χ4n) is 1.16. The normalized spacial score (nSPS) is 17.1. The van der Waals surface area contributed by atoms with Crippen LogP contribution in [0.5, 0.6) is 0 Å². The lowest BCUT2D eigenvalue weighted by atomic mass is 9.86. The predicted octanol–water partition coefficient (Wildman–Crippen LogP) is 1.21. The summed E-state index contributed by atoms with van der Waals surface area (Å²) in [5.74, 6) is -0.0943. The Balaban J connectivity index is 2.88. The maximum atomic E-state index is 11.8. The molecule has 1 aliphatic heterocycles. The van der Waals surface area contributed by atoms with Crippen LogP contribution in [0.3, 0.4) is 0 Å². The number of hydrogen-bond donors (Lipinski definition) is 1. The molecule has 0 aromatic heterocycles. The highest BCUT2D eigenvalue weighted by molar-refractivity contribution is 6.03. The summed E-state index contributed by atoms with van der Waals surface area (Å²) in [6.07, 6.45) is 4.72. The van der Waals surface area contributed by atoms with Crippen molar-refractivity contribution in [2.75, 3.05) is 6.54 Å². The monoisotopic (exact) mass is 193 g/mol. The van der Waals surface area contributed by atoms with Gasteiger partial charge in [0.1, 0.15) is 0 Å². The van der Waals surface area contributed by atoms with Gasteiger partial charge in [-0.25, -0.2) is 0 Å². The second-order valence-corrected chi connectivity index (χ2v) is 4.32. The standard InChI is InChI=1S/C11H15NO2/c1-11(2,3)10(14)8-4-5-9(13)12-7-6-8/h4-6H,7H2,1-3H3,(H,12,13). The third-order valence-electron chi connectivity index (χ3n) is 1.96. The van der Waals surface area contributed by atoms with Gasteiger partial charge >= 0.3 is 0 Å². The summed E-state index contributed by atoms with van der Waals surface area (Å²) in [5.41, 5.74) is 0.208. The van der Waals surface area contributed by atoms with Crippen LogP contribution in [0.25, 0.3) is 0 Å². The first kappa shape index (κ1) is 10.7. The molecule has 0 fully saturated rings. The van der Waals surface area contributed by atoms with Crippen molar-refractivity contribution in [2.24, 2.45) is 5.41 Å². The van der Waals surface area contributed by atoms with E-state index in [2.05, 4.69) is 5.32 Å². The fourth-order valence-corrected chi connectivity index (χ4v) is 1.16. The predicted molar refractivity (Wildman–Crippen MR) is 54.7 cm³/mol. The van der Waals surface area contributed by atoms with Crippen LogP contribution in [0.4, 0.5) is 0 Å². The molecule has 0 saturated carbocycles. The van der Waals surface area contributed by atoms with Gasteiger partial charge in [-0.1, -0.05) is 26.8 Å². The molecule has 1 amide bonds. The first-order valence-electron chi connectivity index (χ1n) is 4.62. The van der Waals surface area contributed by atoms with Crippen molar-refractivity contribution in [1.82, 2.24) is 5.32 Å². The zero-order valence-corrected chi connectivity index (χ0v) is 8.76. The molecule has 0 bridgehead atoms. The highest BCUT2D eigenvalue weighted by Gasteiger charge is 2.23. The van der Waals surface area contributed by atoms with Crippen LogP contribution < -0.4 is 5.32 Å². The van der Waals surface area contributed by atoms with Gasteiger partial charge in [0, 0.05) is 23.6 Å². The molecule has 0 saturated heterocycles. The summed E-state index contributed by atoms with van der Waals surface area (Å²) in [5, 5.41) is 2.63. The molecule has 3 heteroatoms. The zero-order valence-electron chi connectivity index (χ0n) is 8.76. The minimum Gasteiger partial charge on any atom is -0.349 e. The van der Waals surface area contributed by atoms with E-state index in [1.165, 1.54) is 6.08 Å². The number of amides is 1. The van der Waals surface area contributed by atoms with Crippen LogP contribution in [-0.2, 0) is 9.59 Å². The molecule has 76 valence electrons. The van der Waals surface area contributed by atoms with Gasteiger partial charge in [0.15, 0.2) is 5.78 Å². The van der Waals surface area contributed by atoms with E-state index < -0.39 is 5.41 Å². The molecule has 1 N–H and O–H groups in total. The molecular weight excluding hydrogens is 178 g/mol. The van der Waals surface area contributed by atoms with Gasteiger partial charge in [-0.3, -0.25) is 9.59 Å². The first-order valence-corrected chi connectivity index (χ1v) is 4.62. The second-order valence-electron chi connectivity index (χ2n) is 4.32. The topological polar surface area (TPSA) is 46.2 Å². The summed E-state index contributed by atoms with van der Waals surface area (Å²) in [6.45, 7) is 6.02. The van der Waals surface area contributed by atoms with E-state index in [9.17, 15) is 9.59 Å². The number of allylic oxidation sites excluding steroid dienone is 2. The molecule has 0 aliphatic carbocycles. The number of hydrogen-bond acceptors (Lipinski definition) is 2. The van der Waals surface area contributed by atoms with E-state index in [4.69, 9.17) is 0 Å². The van der Waals surface area contributed by atoms with Crippen molar-refractivity contribution in [1.29, 1.82) is 0 Å². The van der Waals surface area contributed by atoms with Gasteiger partial charge in [-0.05, 0) is 6.08 Å². The molecule has 1 rings (SSSR count). The molecule has 0 aromatic rings. The number of carbonyl (C=O) groups is 2. The number of rotatable bonds is 1. The Morgan fingerprint density at radius 1 is 1.36 bits per heavy atom. The molecule has 14 heavy (non-hydrogen) atoms. The largest absolute Gasteiger partial charge is 0.349 e. The van der Waals surface area contributed by atoms with Gasteiger partial charge in [-0.15, -0.1) is 0 Å². The van der Waals surface area contributed by atoms with Crippen LogP contribution in [0.15, 0.2) is 23.8 Å². The maximum absolute atomic E-state index is 11.8. The van der Waals surface area contributed by atoms with E-state index in [1.54, 1.807) is 12.2 Å². The summed E-state index contributed by atoms with van der Waals surface area (Å²) < 4.78 is 0. The van der Waals surface area contributed by atoms with Crippen LogP contribution in [0.2, 0.25) is 0 Å². The third kappa shape index (κ3) is 2.55. The van der Waals surface area contributed by atoms with Gasteiger partial charge < -0.3 is 5.32 Å². The summed E-state index contributed by atoms with van der Waals surface area (Å²) in [7, 11) is 0. The Morgan fingerprint density at radius 2 is 2.00 bits per heavy atom.